The number of carbonyl (C=O) groups excluding carboxylic acids is 1. The molecule has 0 spiro atoms. The minimum atomic E-state index is 0.148. The van der Waals surface area contributed by atoms with E-state index in [1.165, 1.54) is 4.90 Å². The van der Waals surface area contributed by atoms with Crippen LogP contribution in [0.25, 0.3) is 0 Å². The van der Waals surface area contributed by atoms with Crippen LogP contribution in [0.15, 0.2) is 18.3 Å². The number of anilines is 1. The highest BCUT2D eigenvalue weighted by atomic mass is 16.3. The van der Waals surface area contributed by atoms with Gasteiger partial charge in [0.2, 0.25) is 0 Å². The van der Waals surface area contributed by atoms with Crippen molar-refractivity contribution in [1.29, 1.82) is 0 Å². The summed E-state index contributed by atoms with van der Waals surface area (Å²) in [6, 6.07) is 3.83. The number of quaternary nitrogens is 1. The molecule has 0 aliphatic carbocycles. The molecule has 6 heteroatoms. The van der Waals surface area contributed by atoms with E-state index in [-0.39, 0.29) is 12.5 Å². The first kappa shape index (κ1) is 15.2. The highest BCUT2D eigenvalue weighted by Gasteiger charge is 2.31. The van der Waals surface area contributed by atoms with Crippen LogP contribution in [0.2, 0.25) is 0 Å². The Morgan fingerprint density at radius 2 is 1.95 bits per heavy atom. The number of nitrogens with one attached hydrogen (secondary N) is 2. The molecule has 6 nitrogen and oxygen atoms in total. The van der Waals surface area contributed by atoms with Crippen molar-refractivity contribution >= 4 is 11.7 Å². The number of H-pyrrole nitrogens is 1. The lowest BCUT2D eigenvalue weighted by Crippen LogP contribution is -3.15. The van der Waals surface area contributed by atoms with Crippen LogP contribution >= 0.6 is 0 Å². The average molecular weight is 306 g/mol. The molecular weight excluding hydrogens is 280 g/mol. The van der Waals surface area contributed by atoms with Gasteiger partial charge in [-0.05, 0) is 25.0 Å². The summed E-state index contributed by atoms with van der Waals surface area (Å²) in [4.78, 5) is 21.7. The van der Waals surface area contributed by atoms with Crippen LogP contribution in [0.5, 0.6) is 0 Å². The van der Waals surface area contributed by atoms with Crippen LogP contribution in [0.1, 0.15) is 23.2 Å². The number of aromatic amines is 1. The molecule has 0 aromatic carbocycles. The molecule has 3 N–H and O–H groups in total. The monoisotopic (exact) mass is 306 g/mol. The van der Waals surface area contributed by atoms with Crippen LogP contribution in [-0.2, 0) is 0 Å². The van der Waals surface area contributed by atoms with Crippen LogP contribution < -0.4 is 14.8 Å². The number of carbonyl (C=O) groups is 1. The number of hydrogen-bond acceptors (Lipinski definition) is 3. The van der Waals surface area contributed by atoms with Crippen molar-refractivity contribution in [1.82, 2.24) is 4.90 Å². The summed E-state index contributed by atoms with van der Waals surface area (Å²) in [6.07, 6.45) is 4.12. The molecule has 2 aliphatic heterocycles. The van der Waals surface area contributed by atoms with E-state index in [1.807, 2.05) is 23.2 Å². The van der Waals surface area contributed by atoms with E-state index in [2.05, 4.69) is 9.88 Å². The molecule has 0 atom stereocenters. The Morgan fingerprint density at radius 1 is 1.23 bits per heavy atom. The lowest BCUT2D eigenvalue weighted by molar-refractivity contribution is -0.901. The highest BCUT2D eigenvalue weighted by molar-refractivity contribution is 5.98. The Morgan fingerprint density at radius 3 is 2.64 bits per heavy atom. The first-order valence-corrected chi connectivity index (χ1v) is 8.29. The van der Waals surface area contributed by atoms with Gasteiger partial charge in [-0.15, -0.1) is 0 Å². The second-order valence-electron chi connectivity index (χ2n) is 6.14. The van der Waals surface area contributed by atoms with Crippen LogP contribution in [-0.4, -0.2) is 68.3 Å². The van der Waals surface area contributed by atoms with Crippen LogP contribution in [0.3, 0.4) is 0 Å². The number of nitrogens with zero attached hydrogens (tertiary/aromatic N) is 2. The molecule has 22 heavy (non-hydrogen) atoms. The second-order valence-corrected chi connectivity index (χ2v) is 6.14. The number of amides is 1. The predicted molar refractivity (Wildman–Crippen MR) is 83.0 cm³/mol. The van der Waals surface area contributed by atoms with Gasteiger partial charge < -0.3 is 14.9 Å². The molecule has 3 rings (SSSR count). The lowest BCUT2D eigenvalue weighted by atomic mass is 10.2. The van der Waals surface area contributed by atoms with Gasteiger partial charge in [0.15, 0.2) is 0 Å². The smallest absolute Gasteiger partial charge is 0.287 e. The minimum absolute atomic E-state index is 0.148. The van der Waals surface area contributed by atoms with Gasteiger partial charge in [-0.25, -0.2) is 9.88 Å². The molecule has 1 aromatic heterocycles. The third-order valence-corrected chi connectivity index (χ3v) is 4.71. The molecule has 2 fully saturated rings. The van der Waals surface area contributed by atoms with Gasteiger partial charge in [-0.2, -0.15) is 0 Å². The fourth-order valence-electron chi connectivity index (χ4n) is 3.41. The summed E-state index contributed by atoms with van der Waals surface area (Å²) in [6.45, 7) is 6.63. The van der Waals surface area contributed by atoms with Crippen molar-refractivity contribution < 1.29 is 19.8 Å². The highest BCUT2D eigenvalue weighted by Crippen LogP contribution is 2.19. The molecule has 0 bridgehead atoms. The first-order valence-electron chi connectivity index (χ1n) is 8.29. The zero-order valence-corrected chi connectivity index (χ0v) is 13.1. The number of pyridine rings is 1. The minimum Gasteiger partial charge on any atom is -0.391 e. The summed E-state index contributed by atoms with van der Waals surface area (Å²) in [5.74, 6) is 1.09. The second kappa shape index (κ2) is 7.07. The summed E-state index contributed by atoms with van der Waals surface area (Å²) in [7, 11) is 0. The molecule has 3 heterocycles. The molecule has 0 radical (unpaired) electrons. The quantitative estimate of drug-likeness (QED) is 0.707. The maximum atomic E-state index is 12.7. The first-order chi connectivity index (χ1) is 10.8. The molecular formula is C16H26N4O2+2. The number of aromatic nitrogens is 1. The number of hydrogen-bond donors (Lipinski definition) is 2. The van der Waals surface area contributed by atoms with Crippen molar-refractivity contribution in [2.75, 3.05) is 57.3 Å². The largest absolute Gasteiger partial charge is 0.391 e. The van der Waals surface area contributed by atoms with E-state index in [0.717, 1.165) is 70.0 Å². The molecule has 1 amide bonds. The van der Waals surface area contributed by atoms with E-state index in [9.17, 15) is 4.79 Å². The van der Waals surface area contributed by atoms with Crippen molar-refractivity contribution in [3.05, 3.63) is 23.9 Å². The van der Waals surface area contributed by atoms with Gasteiger partial charge in [0, 0.05) is 13.1 Å². The molecule has 120 valence electrons. The number of piperazine rings is 1. The lowest BCUT2D eigenvalue weighted by Gasteiger charge is -2.28. The van der Waals surface area contributed by atoms with Gasteiger partial charge in [0.25, 0.3) is 11.7 Å². The van der Waals surface area contributed by atoms with Gasteiger partial charge in [-0.3, -0.25) is 4.79 Å². The predicted octanol–water partition coefficient (Wildman–Crippen LogP) is -1.57. The molecule has 0 saturated carbocycles. The number of likely N-dealkylation sites (tertiary alicyclic amines) is 1. The number of aliphatic hydroxyl groups is 1. The summed E-state index contributed by atoms with van der Waals surface area (Å²) in [5, 5.41) is 9.05. The van der Waals surface area contributed by atoms with E-state index >= 15 is 0 Å². The number of rotatable bonds is 4. The zero-order chi connectivity index (χ0) is 15.4. The average Bonchev–Trinajstić information content (AvgIpc) is 3.10. The summed E-state index contributed by atoms with van der Waals surface area (Å²) < 4.78 is 0. The van der Waals surface area contributed by atoms with Gasteiger partial charge in [0.1, 0.15) is 38.3 Å². The van der Waals surface area contributed by atoms with Crippen LogP contribution in [0.4, 0.5) is 5.82 Å². The maximum Gasteiger partial charge on any atom is 0.287 e. The Kier molecular flexibility index (Phi) is 4.90. The molecule has 1 aromatic rings. The van der Waals surface area contributed by atoms with E-state index < -0.39 is 0 Å². The number of aliphatic hydroxyl groups excluding tert-OH is 1. The van der Waals surface area contributed by atoms with Crippen molar-refractivity contribution in [3.8, 4) is 0 Å². The van der Waals surface area contributed by atoms with Crippen molar-refractivity contribution in [2.45, 2.75) is 12.8 Å². The van der Waals surface area contributed by atoms with Crippen molar-refractivity contribution in [3.63, 3.8) is 0 Å². The van der Waals surface area contributed by atoms with Gasteiger partial charge >= 0.3 is 0 Å². The normalized spacial score (nSPS) is 19.7. The molecule has 2 saturated heterocycles. The zero-order valence-electron chi connectivity index (χ0n) is 13.1. The Balaban J connectivity index is 1.73. The summed E-state index contributed by atoms with van der Waals surface area (Å²) >= 11 is 0. The fourth-order valence-corrected chi connectivity index (χ4v) is 3.41. The van der Waals surface area contributed by atoms with E-state index in [0.29, 0.717) is 0 Å². The summed E-state index contributed by atoms with van der Waals surface area (Å²) in [5.41, 5.74) is 0.787. The molecule has 0 unspecified atom stereocenters. The van der Waals surface area contributed by atoms with E-state index in [4.69, 9.17) is 5.11 Å². The van der Waals surface area contributed by atoms with E-state index in [1.54, 1.807) is 0 Å². The topological polar surface area (TPSA) is 62.4 Å². The van der Waals surface area contributed by atoms with Crippen molar-refractivity contribution in [2.24, 2.45) is 0 Å². The van der Waals surface area contributed by atoms with Gasteiger partial charge in [-0.1, -0.05) is 0 Å². The third kappa shape index (κ3) is 3.23. The standard InChI is InChI=1S/C16H24N4O2/c21-13-12-18-8-10-19(11-9-18)15-14(4-3-5-17-15)16(22)20-6-1-2-7-20/h3-5,21H,1-2,6-13H2/p+2. The Hall–Kier alpha value is -1.66. The van der Waals surface area contributed by atoms with Gasteiger partial charge in [0.05, 0.1) is 12.8 Å². The maximum absolute atomic E-state index is 12.7. The third-order valence-electron chi connectivity index (χ3n) is 4.71. The fraction of sp³-hybridized carbons (Fsp3) is 0.625. The SMILES string of the molecule is O=C(c1ccc[nH+]c1N1CC[NH+](CCO)CC1)N1CCCC1. The Bertz CT molecular complexity index is 509. The Labute approximate surface area is 131 Å². The van der Waals surface area contributed by atoms with Crippen LogP contribution in [0, 0.1) is 0 Å². The molecule has 2 aliphatic rings.